The lowest BCUT2D eigenvalue weighted by atomic mass is 10.0. The Balaban J connectivity index is 1.60. The van der Waals surface area contributed by atoms with E-state index in [9.17, 15) is 0 Å². The summed E-state index contributed by atoms with van der Waals surface area (Å²) < 4.78 is 0. The summed E-state index contributed by atoms with van der Waals surface area (Å²) in [4.78, 5) is 0. The largest absolute Gasteiger partial charge is 0.315 e. The van der Waals surface area contributed by atoms with Crippen LogP contribution in [-0.2, 0) is 0 Å². The topological polar surface area (TPSA) is 24.1 Å². The second kappa shape index (κ2) is 5.89. The van der Waals surface area contributed by atoms with Crippen molar-refractivity contribution in [2.75, 3.05) is 13.1 Å². The molecule has 1 aromatic carbocycles. The van der Waals surface area contributed by atoms with E-state index in [1.54, 1.807) is 5.57 Å². The van der Waals surface area contributed by atoms with Crippen molar-refractivity contribution in [3.8, 4) is 0 Å². The highest BCUT2D eigenvalue weighted by atomic mass is 15.1. The van der Waals surface area contributed by atoms with Crippen LogP contribution in [0, 0.1) is 5.92 Å². The van der Waals surface area contributed by atoms with Crippen LogP contribution in [0.5, 0.6) is 0 Å². The van der Waals surface area contributed by atoms with Gasteiger partial charge in [-0.1, -0.05) is 48.9 Å². The average Bonchev–Trinajstić information content (AvgIpc) is 2.99. The second-order valence-corrected chi connectivity index (χ2v) is 5.79. The van der Waals surface area contributed by atoms with Gasteiger partial charge in [-0.25, -0.2) is 0 Å². The van der Waals surface area contributed by atoms with Gasteiger partial charge >= 0.3 is 0 Å². The van der Waals surface area contributed by atoms with Gasteiger partial charge in [0.05, 0.1) is 0 Å². The van der Waals surface area contributed by atoms with Crippen molar-refractivity contribution >= 4 is 6.08 Å². The number of benzene rings is 1. The lowest BCUT2D eigenvalue weighted by molar-refractivity contribution is 0.530. The Morgan fingerprint density at radius 2 is 2.21 bits per heavy atom. The van der Waals surface area contributed by atoms with Crippen molar-refractivity contribution in [2.24, 2.45) is 5.92 Å². The van der Waals surface area contributed by atoms with Crippen LogP contribution in [0.3, 0.4) is 0 Å². The zero-order valence-corrected chi connectivity index (χ0v) is 11.7. The summed E-state index contributed by atoms with van der Waals surface area (Å²) in [5.41, 5.74) is 2.95. The molecule has 2 nitrogen and oxygen atoms in total. The number of hydrogen-bond acceptors (Lipinski definition) is 2. The maximum absolute atomic E-state index is 3.80. The molecule has 1 heterocycles. The van der Waals surface area contributed by atoms with Crippen LogP contribution in [0.4, 0.5) is 0 Å². The molecule has 1 saturated heterocycles. The van der Waals surface area contributed by atoms with E-state index < -0.39 is 0 Å². The van der Waals surface area contributed by atoms with Gasteiger partial charge in [0.2, 0.25) is 0 Å². The highest BCUT2D eigenvalue weighted by Gasteiger charge is 2.40. The number of hydrogen-bond donors (Lipinski definition) is 2. The van der Waals surface area contributed by atoms with Gasteiger partial charge in [-0.3, -0.25) is 0 Å². The first kappa shape index (κ1) is 12.9. The highest BCUT2D eigenvalue weighted by Crippen LogP contribution is 2.40. The summed E-state index contributed by atoms with van der Waals surface area (Å²) in [6, 6.07) is 12.1. The molecule has 3 atom stereocenters. The Labute approximate surface area is 116 Å². The van der Waals surface area contributed by atoms with E-state index in [1.165, 1.54) is 31.4 Å². The van der Waals surface area contributed by atoms with Gasteiger partial charge in [-0.2, -0.15) is 0 Å². The van der Waals surface area contributed by atoms with Crippen LogP contribution in [0.2, 0.25) is 0 Å². The zero-order chi connectivity index (χ0) is 13.1. The summed E-state index contributed by atoms with van der Waals surface area (Å²) in [5, 5.41) is 7.23. The summed E-state index contributed by atoms with van der Waals surface area (Å²) in [6.07, 6.45) is 6.16. The molecule has 2 N–H and O–H groups in total. The predicted octanol–water partition coefficient (Wildman–Crippen LogP) is 2.82. The molecule has 0 spiro atoms. The van der Waals surface area contributed by atoms with Crippen molar-refractivity contribution in [1.29, 1.82) is 0 Å². The standard InChI is InChI=1S/C17H24N2/c1-2-14(10-13-6-4-3-5-7-13)16-11-17(16)19-15-8-9-18-12-15/h3-7,10,15-19H,2,8-9,11-12H2,1H3/b14-10+/t15?,16-,17+/m0/s1. The molecule has 2 heteroatoms. The van der Waals surface area contributed by atoms with E-state index in [-0.39, 0.29) is 0 Å². The maximum atomic E-state index is 3.80. The fraction of sp³-hybridized carbons (Fsp3) is 0.529. The average molecular weight is 256 g/mol. The van der Waals surface area contributed by atoms with Crippen molar-refractivity contribution in [2.45, 2.75) is 38.3 Å². The van der Waals surface area contributed by atoms with Crippen LogP contribution < -0.4 is 10.6 Å². The van der Waals surface area contributed by atoms with E-state index in [0.29, 0.717) is 6.04 Å². The van der Waals surface area contributed by atoms with Gasteiger partial charge in [0, 0.05) is 18.6 Å². The molecule has 0 radical (unpaired) electrons. The normalized spacial score (nSPS) is 30.6. The third kappa shape index (κ3) is 3.26. The van der Waals surface area contributed by atoms with Crippen LogP contribution >= 0.6 is 0 Å². The van der Waals surface area contributed by atoms with E-state index >= 15 is 0 Å². The van der Waals surface area contributed by atoms with Crippen LogP contribution in [-0.4, -0.2) is 25.2 Å². The lowest BCUT2D eigenvalue weighted by Crippen LogP contribution is -2.33. The number of rotatable bonds is 5. The second-order valence-electron chi connectivity index (χ2n) is 5.79. The molecule has 1 aliphatic heterocycles. The van der Waals surface area contributed by atoms with Gasteiger partial charge in [-0.15, -0.1) is 0 Å². The minimum Gasteiger partial charge on any atom is -0.315 e. The third-order valence-electron chi connectivity index (χ3n) is 4.34. The third-order valence-corrected chi connectivity index (χ3v) is 4.34. The van der Waals surface area contributed by atoms with Gasteiger partial charge in [0.15, 0.2) is 0 Å². The summed E-state index contributed by atoms with van der Waals surface area (Å²) in [7, 11) is 0. The van der Waals surface area contributed by atoms with Crippen LogP contribution in [0.1, 0.15) is 31.7 Å². The summed E-state index contributed by atoms with van der Waals surface area (Å²) >= 11 is 0. The molecule has 1 saturated carbocycles. The van der Waals surface area contributed by atoms with Crippen molar-refractivity contribution in [3.05, 3.63) is 41.5 Å². The fourth-order valence-corrected chi connectivity index (χ4v) is 3.12. The Kier molecular flexibility index (Phi) is 4.00. The fourth-order valence-electron chi connectivity index (χ4n) is 3.12. The molecule has 1 aliphatic carbocycles. The van der Waals surface area contributed by atoms with Gasteiger partial charge in [-0.05, 0) is 37.3 Å². The summed E-state index contributed by atoms with van der Waals surface area (Å²) in [6.45, 7) is 4.60. The van der Waals surface area contributed by atoms with E-state index in [0.717, 1.165) is 18.5 Å². The van der Waals surface area contributed by atoms with E-state index in [2.05, 4.69) is 54.0 Å². The molecule has 2 aliphatic rings. The van der Waals surface area contributed by atoms with E-state index in [4.69, 9.17) is 0 Å². The molecule has 19 heavy (non-hydrogen) atoms. The van der Waals surface area contributed by atoms with Crippen LogP contribution in [0.25, 0.3) is 6.08 Å². The minimum atomic E-state index is 0.699. The predicted molar refractivity (Wildman–Crippen MR) is 81.0 cm³/mol. The summed E-state index contributed by atoms with van der Waals surface area (Å²) in [5.74, 6) is 0.769. The Hall–Kier alpha value is -1.12. The SMILES string of the molecule is CC/C(=C\c1ccccc1)[C@@H]1C[C@H]1NC1CCNC1. The molecule has 0 amide bonds. The first-order chi connectivity index (χ1) is 9.36. The van der Waals surface area contributed by atoms with Crippen LogP contribution in [0.15, 0.2) is 35.9 Å². The molecule has 1 unspecified atom stereocenters. The molecular formula is C17H24N2. The molecule has 1 aromatic rings. The highest BCUT2D eigenvalue weighted by molar-refractivity contribution is 5.54. The molecule has 3 rings (SSSR count). The first-order valence-electron chi connectivity index (χ1n) is 7.59. The Morgan fingerprint density at radius 3 is 2.89 bits per heavy atom. The van der Waals surface area contributed by atoms with Gasteiger partial charge in [0.1, 0.15) is 0 Å². The molecule has 0 bridgehead atoms. The molecular weight excluding hydrogens is 232 g/mol. The lowest BCUT2D eigenvalue weighted by Gasteiger charge is -2.11. The molecule has 0 aromatic heterocycles. The van der Waals surface area contributed by atoms with Crippen molar-refractivity contribution in [3.63, 3.8) is 0 Å². The van der Waals surface area contributed by atoms with Crippen molar-refractivity contribution < 1.29 is 0 Å². The van der Waals surface area contributed by atoms with Crippen molar-refractivity contribution in [1.82, 2.24) is 10.6 Å². The van der Waals surface area contributed by atoms with E-state index in [1.807, 2.05) is 0 Å². The number of nitrogens with one attached hydrogen (secondary N) is 2. The quantitative estimate of drug-likeness (QED) is 0.846. The minimum absolute atomic E-state index is 0.699. The maximum Gasteiger partial charge on any atom is 0.0207 e. The smallest absolute Gasteiger partial charge is 0.0207 e. The molecule has 2 fully saturated rings. The monoisotopic (exact) mass is 256 g/mol. The van der Waals surface area contributed by atoms with Gasteiger partial charge < -0.3 is 10.6 Å². The molecule has 102 valence electrons. The van der Waals surface area contributed by atoms with Gasteiger partial charge in [0.25, 0.3) is 0 Å². The Bertz CT molecular complexity index is 432. The first-order valence-corrected chi connectivity index (χ1v) is 7.59. The zero-order valence-electron chi connectivity index (χ0n) is 11.7. The Morgan fingerprint density at radius 1 is 1.37 bits per heavy atom.